The molecule has 3 rings (SSSR count). The highest BCUT2D eigenvalue weighted by atomic mass is 35.5. The van der Waals surface area contributed by atoms with E-state index in [9.17, 15) is 18.4 Å². The molecule has 8 nitrogen and oxygen atoms in total. The standard InChI is InChI=1S/C25H28ClF2N5O3/c1-25(2,3)21-14-22(33(31-21)20-8-6-5-7-17(20)26)30-23(34)15-32(11-12-36-4)24(35)29-19-10-9-16(27)13-18(19)28/h5-10,13-14H,11-12,15H2,1-4H3,(H,29,35)(H,30,34). The van der Waals surface area contributed by atoms with Gasteiger partial charge < -0.3 is 20.3 Å². The Bertz CT molecular complexity index is 1240. The third-order valence-corrected chi connectivity index (χ3v) is 5.51. The van der Waals surface area contributed by atoms with E-state index in [-0.39, 0.29) is 30.8 Å². The molecule has 2 aromatic carbocycles. The van der Waals surface area contributed by atoms with Crippen molar-refractivity contribution < 1.29 is 23.1 Å². The van der Waals surface area contributed by atoms with Crippen LogP contribution in [0, 0.1) is 11.6 Å². The highest BCUT2D eigenvalue weighted by molar-refractivity contribution is 6.32. The molecule has 0 aliphatic carbocycles. The molecule has 0 fully saturated rings. The number of nitrogens with one attached hydrogen (secondary N) is 2. The van der Waals surface area contributed by atoms with Crippen LogP contribution in [0.2, 0.25) is 5.02 Å². The smallest absolute Gasteiger partial charge is 0.322 e. The van der Waals surface area contributed by atoms with Gasteiger partial charge in [-0.25, -0.2) is 18.3 Å². The van der Waals surface area contributed by atoms with Gasteiger partial charge in [0, 0.05) is 31.2 Å². The Morgan fingerprint density at radius 2 is 1.83 bits per heavy atom. The van der Waals surface area contributed by atoms with Crippen molar-refractivity contribution in [3.63, 3.8) is 0 Å². The SMILES string of the molecule is COCCN(CC(=O)Nc1cc(C(C)(C)C)nn1-c1ccccc1Cl)C(=O)Nc1ccc(F)cc1F. The maximum atomic E-state index is 14.0. The first-order valence-corrected chi connectivity index (χ1v) is 11.5. The van der Waals surface area contributed by atoms with Crippen LogP contribution in [-0.2, 0) is 14.9 Å². The van der Waals surface area contributed by atoms with E-state index in [0.29, 0.717) is 22.6 Å². The van der Waals surface area contributed by atoms with E-state index in [1.165, 1.54) is 11.8 Å². The number of rotatable bonds is 8. The molecule has 0 radical (unpaired) electrons. The van der Waals surface area contributed by atoms with Crippen molar-refractivity contribution >= 4 is 35.0 Å². The maximum Gasteiger partial charge on any atom is 0.322 e. The van der Waals surface area contributed by atoms with Gasteiger partial charge in [0.2, 0.25) is 5.91 Å². The fourth-order valence-electron chi connectivity index (χ4n) is 3.24. The summed E-state index contributed by atoms with van der Waals surface area (Å²) >= 11 is 6.37. The van der Waals surface area contributed by atoms with E-state index in [2.05, 4.69) is 15.7 Å². The Morgan fingerprint density at radius 3 is 2.47 bits per heavy atom. The van der Waals surface area contributed by atoms with Crippen LogP contribution in [0.3, 0.4) is 0 Å². The summed E-state index contributed by atoms with van der Waals surface area (Å²) in [6.07, 6.45) is 0. The molecule has 0 saturated heterocycles. The Balaban J connectivity index is 1.82. The molecule has 0 spiro atoms. The molecule has 0 aliphatic heterocycles. The number of amides is 3. The van der Waals surface area contributed by atoms with Crippen LogP contribution in [0.15, 0.2) is 48.5 Å². The van der Waals surface area contributed by atoms with Gasteiger partial charge in [0.1, 0.15) is 24.0 Å². The minimum atomic E-state index is -0.933. The monoisotopic (exact) mass is 519 g/mol. The first kappa shape index (κ1) is 27.1. The highest BCUT2D eigenvalue weighted by Gasteiger charge is 2.24. The van der Waals surface area contributed by atoms with Crippen molar-refractivity contribution in [2.75, 3.05) is 37.4 Å². The molecule has 0 saturated carbocycles. The Hall–Kier alpha value is -3.50. The average molecular weight is 520 g/mol. The fourth-order valence-corrected chi connectivity index (χ4v) is 3.45. The lowest BCUT2D eigenvalue weighted by molar-refractivity contribution is -0.116. The largest absolute Gasteiger partial charge is 0.383 e. The number of carbonyl (C=O) groups excluding carboxylic acids is 2. The first-order chi connectivity index (χ1) is 17.0. The normalized spacial score (nSPS) is 11.3. The molecule has 3 aromatic rings. The lowest BCUT2D eigenvalue weighted by atomic mass is 9.92. The van der Waals surface area contributed by atoms with Gasteiger partial charge in [-0.2, -0.15) is 5.10 Å². The molecule has 36 heavy (non-hydrogen) atoms. The summed E-state index contributed by atoms with van der Waals surface area (Å²) in [5.41, 5.74) is 0.773. The number of hydrogen-bond donors (Lipinski definition) is 2. The molecular weight excluding hydrogens is 492 g/mol. The van der Waals surface area contributed by atoms with Crippen molar-refractivity contribution in [2.45, 2.75) is 26.2 Å². The highest BCUT2D eigenvalue weighted by Crippen LogP contribution is 2.29. The second kappa shape index (κ2) is 11.5. The molecular formula is C25H28ClF2N5O3. The number of carbonyl (C=O) groups is 2. The summed E-state index contributed by atoms with van der Waals surface area (Å²) in [6.45, 7) is 5.79. The van der Waals surface area contributed by atoms with Crippen LogP contribution in [0.5, 0.6) is 0 Å². The summed E-state index contributed by atoms with van der Waals surface area (Å²) in [4.78, 5) is 27.0. The van der Waals surface area contributed by atoms with Crippen LogP contribution in [-0.4, -0.2) is 53.4 Å². The lowest BCUT2D eigenvalue weighted by Gasteiger charge is -2.22. The van der Waals surface area contributed by atoms with Crippen LogP contribution in [0.4, 0.5) is 25.1 Å². The van der Waals surface area contributed by atoms with Gasteiger partial charge in [-0.1, -0.05) is 44.5 Å². The molecule has 0 atom stereocenters. The number of benzene rings is 2. The van der Waals surface area contributed by atoms with Crippen LogP contribution in [0.1, 0.15) is 26.5 Å². The van der Waals surface area contributed by atoms with Crippen LogP contribution < -0.4 is 10.6 Å². The number of para-hydroxylation sites is 1. The van der Waals surface area contributed by atoms with Crippen LogP contribution >= 0.6 is 11.6 Å². The Labute approximate surface area is 213 Å². The summed E-state index contributed by atoms with van der Waals surface area (Å²) in [5.74, 6) is -1.85. The minimum Gasteiger partial charge on any atom is -0.383 e. The molecule has 0 unspecified atom stereocenters. The van der Waals surface area contributed by atoms with E-state index in [0.717, 1.165) is 22.7 Å². The zero-order valence-electron chi connectivity index (χ0n) is 20.4. The van der Waals surface area contributed by atoms with Gasteiger partial charge in [0.05, 0.1) is 28.7 Å². The van der Waals surface area contributed by atoms with Crippen molar-refractivity contribution in [1.29, 1.82) is 0 Å². The third-order valence-electron chi connectivity index (χ3n) is 5.19. The molecule has 192 valence electrons. The van der Waals surface area contributed by atoms with Crippen molar-refractivity contribution in [3.8, 4) is 5.69 Å². The summed E-state index contributed by atoms with van der Waals surface area (Å²) in [5, 5.41) is 10.2. The first-order valence-electron chi connectivity index (χ1n) is 11.1. The van der Waals surface area contributed by atoms with E-state index >= 15 is 0 Å². The molecule has 1 heterocycles. The second-order valence-corrected chi connectivity index (χ2v) is 9.45. The predicted molar refractivity (Wildman–Crippen MR) is 135 cm³/mol. The number of methoxy groups -OCH3 is 1. The van der Waals surface area contributed by atoms with Crippen molar-refractivity contribution in [3.05, 3.63) is 70.9 Å². The van der Waals surface area contributed by atoms with E-state index in [1.54, 1.807) is 30.3 Å². The average Bonchev–Trinajstić information content (AvgIpc) is 3.22. The van der Waals surface area contributed by atoms with Gasteiger partial charge in [-0.15, -0.1) is 0 Å². The summed E-state index contributed by atoms with van der Waals surface area (Å²) in [7, 11) is 1.45. The molecule has 3 amide bonds. The number of anilines is 2. The zero-order chi connectivity index (χ0) is 26.5. The molecule has 0 bridgehead atoms. The molecule has 0 aliphatic rings. The number of halogens is 3. The summed E-state index contributed by atoms with van der Waals surface area (Å²) in [6, 6.07) is 10.9. The predicted octanol–water partition coefficient (Wildman–Crippen LogP) is 5.22. The second-order valence-electron chi connectivity index (χ2n) is 9.04. The van der Waals surface area contributed by atoms with Gasteiger partial charge in [0.25, 0.3) is 0 Å². The number of aromatic nitrogens is 2. The lowest BCUT2D eigenvalue weighted by Crippen LogP contribution is -2.42. The minimum absolute atomic E-state index is 0.0512. The van der Waals surface area contributed by atoms with Crippen molar-refractivity contribution in [1.82, 2.24) is 14.7 Å². The van der Waals surface area contributed by atoms with Gasteiger partial charge >= 0.3 is 6.03 Å². The number of hydrogen-bond acceptors (Lipinski definition) is 4. The van der Waals surface area contributed by atoms with Gasteiger partial charge in [0.15, 0.2) is 0 Å². The topological polar surface area (TPSA) is 88.5 Å². The Kier molecular flexibility index (Phi) is 8.65. The van der Waals surface area contributed by atoms with Crippen molar-refractivity contribution in [2.24, 2.45) is 0 Å². The van der Waals surface area contributed by atoms with E-state index < -0.39 is 23.6 Å². The number of ether oxygens (including phenoxy) is 1. The Morgan fingerprint density at radius 1 is 1.11 bits per heavy atom. The summed E-state index contributed by atoms with van der Waals surface area (Å²) < 4.78 is 33.8. The van der Waals surface area contributed by atoms with Gasteiger partial charge in [-0.3, -0.25) is 4.79 Å². The number of nitrogens with zero attached hydrogens (tertiary/aromatic N) is 3. The van der Waals surface area contributed by atoms with Gasteiger partial charge in [-0.05, 0) is 24.3 Å². The maximum absolute atomic E-state index is 14.0. The molecule has 11 heteroatoms. The van der Waals surface area contributed by atoms with E-state index in [4.69, 9.17) is 16.3 Å². The van der Waals surface area contributed by atoms with Crippen LogP contribution in [0.25, 0.3) is 5.69 Å². The fraction of sp³-hybridized carbons (Fsp3) is 0.320. The van der Waals surface area contributed by atoms with E-state index in [1.807, 2.05) is 20.8 Å². The quantitative estimate of drug-likeness (QED) is 0.427. The number of urea groups is 1. The zero-order valence-corrected chi connectivity index (χ0v) is 21.2. The molecule has 1 aromatic heterocycles. The molecule has 2 N–H and O–H groups in total. The third kappa shape index (κ3) is 6.79.